The molecule has 2 bridgehead atoms. The summed E-state index contributed by atoms with van der Waals surface area (Å²) in [7, 11) is 1.59. The topological polar surface area (TPSA) is 133 Å². The van der Waals surface area contributed by atoms with Crippen molar-refractivity contribution in [1.29, 1.82) is 5.41 Å². The molecule has 0 aromatic heterocycles. The maximum Gasteiger partial charge on any atom is 0.258 e. The zero-order valence-electron chi connectivity index (χ0n) is 30.4. The van der Waals surface area contributed by atoms with E-state index in [4.69, 9.17) is 14.9 Å². The van der Waals surface area contributed by atoms with E-state index in [1.165, 1.54) is 0 Å². The highest BCUT2D eigenvalue weighted by atomic mass is 16.5. The van der Waals surface area contributed by atoms with Crippen molar-refractivity contribution in [3.8, 4) is 0 Å². The molecule has 2 rings (SSSR count). The van der Waals surface area contributed by atoms with Gasteiger partial charge >= 0.3 is 0 Å². The fourth-order valence-electron chi connectivity index (χ4n) is 5.55. The van der Waals surface area contributed by atoms with Gasteiger partial charge in [-0.15, -0.1) is 0 Å². The van der Waals surface area contributed by atoms with Gasteiger partial charge in [-0.2, -0.15) is 0 Å². The molecule has 2 fully saturated rings. The van der Waals surface area contributed by atoms with Gasteiger partial charge in [-0.05, 0) is 94.9 Å². The summed E-state index contributed by atoms with van der Waals surface area (Å²) in [5.41, 5.74) is -0.466. The lowest BCUT2D eigenvalue weighted by Crippen LogP contribution is -2.54. The number of amides is 2. The van der Waals surface area contributed by atoms with Crippen LogP contribution in [-0.2, 0) is 19.1 Å². The number of hydrogen-bond donors (Lipinski definition) is 5. The molecule has 2 aliphatic carbocycles. The van der Waals surface area contributed by atoms with Crippen LogP contribution < -0.4 is 16.0 Å². The minimum absolute atomic E-state index is 0.00135. The summed E-state index contributed by atoms with van der Waals surface area (Å²) >= 11 is 0. The summed E-state index contributed by atoms with van der Waals surface area (Å²) in [4.78, 5) is 23.9. The smallest absolute Gasteiger partial charge is 0.258 e. The maximum atomic E-state index is 13.0. The van der Waals surface area contributed by atoms with Gasteiger partial charge in [0.25, 0.3) is 11.8 Å². The molecule has 0 aromatic rings. The first-order valence-corrected chi connectivity index (χ1v) is 16.9. The second kappa shape index (κ2) is 25.2. The van der Waals surface area contributed by atoms with Crippen molar-refractivity contribution < 1.29 is 24.2 Å². The molecule has 0 spiro atoms. The quantitative estimate of drug-likeness (QED) is 0.0641. The first kappa shape index (κ1) is 44.1. The van der Waals surface area contributed by atoms with E-state index in [-0.39, 0.29) is 36.0 Å². The Bertz CT molecular complexity index is 966. The Kier molecular flexibility index (Phi) is 24.6. The van der Waals surface area contributed by atoms with E-state index in [2.05, 4.69) is 22.9 Å². The molecule has 2 amide bonds. The average molecular weight is 635 g/mol. The minimum Gasteiger partial charge on any atom is -0.484 e. The number of ether oxygens (including phenoxy) is 2. The van der Waals surface area contributed by atoms with Gasteiger partial charge in [-0.1, -0.05) is 67.5 Å². The van der Waals surface area contributed by atoms with Crippen molar-refractivity contribution in [2.75, 3.05) is 20.3 Å². The Morgan fingerprint density at radius 2 is 1.71 bits per heavy atom. The first-order valence-electron chi connectivity index (χ1n) is 16.9. The standard InChI is InChI=1S/C22H37N3O3.C10H17NO2.2C2H6/c1-6-7-24-21(28-13-14(2)3)18(12-23)20(26)25-19-15(4)8-16-9-17(19)11-22(5,27)10-16;1-4-6-9(7-5-2)13-8-10(12)11-3;2*1-2/h6-7,12,14-17,19,23-24,27H,8-11,13H2,1-5H3,(H,25,26);4,6-7H,5,8H2,1-3H3,(H,11,12);2*1-2H3/b7-6+,21-18-,23-12?;6-4-,9-7+;;/t15?,16?,17?,19?,22-;;;/m0.../s1. The molecule has 5 N–H and O–H groups in total. The third kappa shape index (κ3) is 17.9. The second-order valence-electron chi connectivity index (χ2n) is 11.7. The van der Waals surface area contributed by atoms with E-state index in [0.717, 1.165) is 37.7 Å². The van der Waals surface area contributed by atoms with Crippen molar-refractivity contribution in [2.45, 2.75) is 120 Å². The maximum absolute atomic E-state index is 13.0. The van der Waals surface area contributed by atoms with Crippen LogP contribution in [-0.4, -0.2) is 55.0 Å². The molecule has 5 atom stereocenters. The molecule has 260 valence electrons. The lowest BCUT2D eigenvalue weighted by Gasteiger charge is -2.49. The molecule has 2 aliphatic rings. The molecule has 9 heteroatoms. The molecule has 2 saturated carbocycles. The molecule has 9 nitrogen and oxygen atoms in total. The van der Waals surface area contributed by atoms with Crippen LogP contribution in [0.3, 0.4) is 0 Å². The van der Waals surface area contributed by atoms with Gasteiger partial charge in [0, 0.05) is 19.3 Å². The second-order valence-corrected chi connectivity index (χ2v) is 11.7. The van der Waals surface area contributed by atoms with Gasteiger partial charge in [0.05, 0.1) is 12.2 Å². The summed E-state index contributed by atoms with van der Waals surface area (Å²) in [6, 6.07) is -0.00135. The van der Waals surface area contributed by atoms with Gasteiger partial charge < -0.3 is 35.9 Å². The number of hydrogen-bond acceptors (Lipinski definition) is 7. The fourth-order valence-corrected chi connectivity index (χ4v) is 5.55. The minimum atomic E-state index is -0.657. The molecule has 0 aliphatic heterocycles. The number of nitrogens with one attached hydrogen (secondary N) is 4. The Morgan fingerprint density at radius 3 is 2.22 bits per heavy atom. The largest absolute Gasteiger partial charge is 0.484 e. The Labute approximate surface area is 274 Å². The number of likely N-dealkylation sites (N-methyl/N-ethyl adjacent to an activating group) is 1. The lowest BCUT2D eigenvalue weighted by molar-refractivity contribution is -0.123. The van der Waals surface area contributed by atoms with Crippen molar-refractivity contribution in [3.05, 3.63) is 47.7 Å². The molecule has 0 saturated heterocycles. The van der Waals surface area contributed by atoms with Crippen LogP contribution in [0.2, 0.25) is 0 Å². The van der Waals surface area contributed by atoms with Crippen LogP contribution in [0, 0.1) is 29.1 Å². The number of rotatable bonds is 13. The third-order valence-electron chi connectivity index (χ3n) is 7.15. The van der Waals surface area contributed by atoms with E-state index in [1.54, 1.807) is 13.2 Å². The van der Waals surface area contributed by atoms with Crippen LogP contribution in [0.5, 0.6) is 0 Å². The number of aliphatic hydroxyl groups is 1. The lowest BCUT2D eigenvalue weighted by atomic mass is 9.61. The SMILES string of the molecule is C/C=C/N/C(OCC(C)C)=C(\C=N)C(=O)NC1C(C)CC2CC1C[C@@](C)(O)C2.C/C=C\C(=C/CC)OCC(=O)NC.CC.CC. The number of allylic oxidation sites excluding steroid dienone is 4. The zero-order chi connectivity index (χ0) is 35.0. The van der Waals surface area contributed by atoms with Crippen molar-refractivity contribution in [1.82, 2.24) is 16.0 Å². The normalized spacial score (nSPS) is 24.4. The van der Waals surface area contributed by atoms with E-state index in [9.17, 15) is 14.7 Å². The zero-order valence-corrected chi connectivity index (χ0v) is 30.4. The Balaban J connectivity index is 0. The van der Waals surface area contributed by atoms with Crippen LogP contribution >= 0.6 is 0 Å². The van der Waals surface area contributed by atoms with Gasteiger partial charge in [0.1, 0.15) is 11.3 Å². The van der Waals surface area contributed by atoms with Crippen LogP contribution in [0.15, 0.2) is 47.7 Å². The Morgan fingerprint density at radius 1 is 1.07 bits per heavy atom. The number of fused-ring (bicyclic) bond motifs is 2. The average Bonchev–Trinajstić information content (AvgIpc) is 3.00. The predicted octanol–water partition coefficient (Wildman–Crippen LogP) is 7.01. The van der Waals surface area contributed by atoms with Crippen molar-refractivity contribution >= 4 is 18.0 Å². The monoisotopic (exact) mass is 635 g/mol. The Hall–Kier alpha value is -3.07. The van der Waals surface area contributed by atoms with E-state index >= 15 is 0 Å². The van der Waals surface area contributed by atoms with E-state index in [0.29, 0.717) is 36.7 Å². The summed E-state index contributed by atoms with van der Waals surface area (Å²) in [6.45, 7) is 22.5. The molecule has 0 aromatic carbocycles. The van der Waals surface area contributed by atoms with Gasteiger partial charge in [-0.3, -0.25) is 9.59 Å². The fraction of sp³-hybridized carbons (Fsp3) is 0.694. The molecule has 0 radical (unpaired) electrons. The molecular formula is C36H66N4O5. The number of carbonyl (C=O) groups is 2. The van der Waals surface area contributed by atoms with Gasteiger partial charge in [0.2, 0.25) is 5.88 Å². The predicted molar refractivity (Wildman–Crippen MR) is 188 cm³/mol. The molecule has 45 heavy (non-hydrogen) atoms. The number of carbonyl (C=O) groups excluding carboxylic acids is 2. The van der Waals surface area contributed by atoms with Gasteiger partial charge in [-0.25, -0.2) is 0 Å². The summed E-state index contributed by atoms with van der Waals surface area (Å²) in [6.07, 6.45) is 14.7. The highest BCUT2D eigenvalue weighted by molar-refractivity contribution is 6.11. The summed E-state index contributed by atoms with van der Waals surface area (Å²) in [5.74, 6) is 2.06. The van der Waals surface area contributed by atoms with E-state index < -0.39 is 5.60 Å². The highest BCUT2D eigenvalue weighted by Gasteiger charge is 2.45. The third-order valence-corrected chi connectivity index (χ3v) is 7.15. The molecule has 4 unspecified atom stereocenters. The summed E-state index contributed by atoms with van der Waals surface area (Å²) < 4.78 is 11.0. The van der Waals surface area contributed by atoms with Gasteiger partial charge in [0.15, 0.2) is 6.61 Å². The summed E-state index contributed by atoms with van der Waals surface area (Å²) in [5, 5.41) is 27.0. The van der Waals surface area contributed by atoms with Crippen molar-refractivity contribution in [3.63, 3.8) is 0 Å². The van der Waals surface area contributed by atoms with Crippen LogP contribution in [0.25, 0.3) is 0 Å². The molecule has 0 heterocycles. The first-order chi connectivity index (χ1) is 21.4. The molecular weight excluding hydrogens is 568 g/mol. The van der Waals surface area contributed by atoms with Crippen LogP contribution in [0.4, 0.5) is 0 Å². The highest BCUT2D eigenvalue weighted by Crippen LogP contribution is 2.46. The van der Waals surface area contributed by atoms with Crippen molar-refractivity contribution in [2.24, 2.45) is 23.7 Å². The van der Waals surface area contributed by atoms with Crippen LogP contribution in [0.1, 0.15) is 108 Å². The van der Waals surface area contributed by atoms with E-state index in [1.807, 2.05) is 93.5 Å².